The molecular weight excluding hydrogens is 216 g/mol. The highest BCUT2D eigenvalue weighted by molar-refractivity contribution is 5.97. The fourth-order valence-electron chi connectivity index (χ4n) is 1.82. The van der Waals surface area contributed by atoms with Gasteiger partial charge in [0.15, 0.2) is 5.78 Å². The molecule has 3 heteroatoms. The first-order valence-electron chi connectivity index (χ1n) is 5.77. The monoisotopic (exact) mass is 234 g/mol. The minimum atomic E-state index is -0.308. The van der Waals surface area contributed by atoms with E-state index in [-0.39, 0.29) is 23.8 Å². The van der Waals surface area contributed by atoms with Crippen LogP contribution in [0.5, 0.6) is 0 Å². The molecular formula is C14H18O3. The summed E-state index contributed by atoms with van der Waals surface area (Å²) in [6.45, 7) is 5.03. The second-order valence-corrected chi connectivity index (χ2v) is 4.29. The summed E-state index contributed by atoms with van der Waals surface area (Å²) in [4.78, 5) is 22.8. The molecule has 0 spiro atoms. The van der Waals surface area contributed by atoms with E-state index in [4.69, 9.17) is 4.74 Å². The van der Waals surface area contributed by atoms with E-state index in [9.17, 15) is 9.59 Å². The van der Waals surface area contributed by atoms with Crippen LogP contribution in [0.25, 0.3) is 0 Å². The fourth-order valence-corrected chi connectivity index (χ4v) is 1.82. The molecule has 0 aliphatic rings. The van der Waals surface area contributed by atoms with Gasteiger partial charge in [-0.2, -0.15) is 0 Å². The lowest BCUT2D eigenvalue weighted by molar-refractivity contribution is -0.146. The van der Waals surface area contributed by atoms with Crippen LogP contribution in [0.2, 0.25) is 0 Å². The lowest BCUT2D eigenvalue weighted by atomic mass is 9.94. The van der Waals surface area contributed by atoms with Gasteiger partial charge in [-0.15, -0.1) is 0 Å². The highest BCUT2D eigenvalue weighted by Gasteiger charge is 2.18. The van der Waals surface area contributed by atoms with Crippen LogP contribution >= 0.6 is 0 Å². The number of benzene rings is 1. The van der Waals surface area contributed by atoms with Crippen LogP contribution < -0.4 is 0 Å². The molecule has 0 saturated heterocycles. The fraction of sp³-hybridized carbons (Fsp3) is 0.429. The third kappa shape index (κ3) is 4.39. The number of hydrogen-bond acceptors (Lipinski definition) is 3. The Morgan fingerprint density at radius 3 is 2.29 bits per heavy atom. The van der Waals surface area contributed by atoms with Gasteiger partial charge in [0.2, 0.25) is 0 Å². The molecule has 0 heterocycles. The molecule has 0 unspecified atom stereocenters. The maximum Gasteiger partial charge on any atom is 0.302 e. The van der Waals surface area contributed by atoms with Crippen LogP contribution in [-0.4, -0.2) is 17.9 Å². The van der Waals surface area contributed by atoms with Crippen LogP contribution in [-0.2, 0) is 9.53 Å². The van der Waals surface area contributed by atoms with Gasteiger partial charge in [-0.3, -0.25) is 9.59 Å². The van der Waals surface area contributed by atoms with Crippen molar-refractivity contribution in [2.24, 2.45) is 5.92 Å². The summed E-state index contributed by atoms with van der Waals surface area (Å²) >= 11 is 0. The lowest BCUT2D eigenvalue weighted by Crippen LogP contribution is -2.20. The molecule has 3 nitrogen and oxygen atoms in total. The largest absolute Gasteiger partial charge is 0.463 e. The van der Waals surface area contributed by atoms with E-state index in [0.717, 1.165) is 0 Å². The minimum absolute atomic E-state index is 0.0876. The average Bonchev–Trinajstić information content (AvgIpc) is 2.28. The van der Waals surface area contributed by atoms with E-state index in [1.807, 2.05) is 25.1 Å². The molecule has 0 aliphatic heterocycles. The molecule has 17 heavy (non-hydrogen) atoms. The van der Waals surface area contributed by atoms with Crippen LogP contribution in [0.4, 0.5) is 0 Å². The molecule has 0 aromatic heterocycles. The predicted octanol–water partition coefficient (Wildman–Crippen LogP) is 2.85. The van der Waals surface area contributed by atoms with Gasteiger partial charge in [-0.25, -0.2) is 0 Å². The molecule has 0 fully saturated rings. The Kier molecular flexibility index (Phi) is 4.88. The van der Waals surface area contributed by atoms with Crippen LogP contribution in [0, 0.1) is 5.92 Å². The van der Waals surface area contributed by atoms with Crippen molar-refractivity contribution in [3.63, 3.8) is 0 Å². The van der Waals surface area contributed by atoms with E-state index in [1.54, 1.807) is 19.1 Å². The van der Waals surface area contributed by atoms with Gasteiger partial charge >= 0.3 is 5.97 Å². The van der Waals surface area contributed by atoms with Gasteiger partial charge in [-0.05, 0) is 13.3 Å². The van der Waals surface area contributed by atoms with Crippen molar-refractivity contribution in [3.8, 4) is 0 Å². The number of ketones is 1. The third-order valence-electron chi connectivity index (χ3n) is 2.56. The molecule has 0 saturated carbocycles. The summed E-state index contributed by atoms with van der Waals surface area (Å²) in [6, 6.07) is 9.17. The van der Waals surface area contributed by atoms with Crippen molar-refractivity contribution in [2.75, 3.05) is 0 Å². The van der Waals surface area contributed by atoms with Crippen molar-refractivity contribution in [1.29, 1.82) is 0 Å². The van der Waals surface area contributed by atoms with Crippen molar-refractivity contribution in [1.82, 2.24) is 0 Å². The van der Waals surface area contributed by atoms with E-state index in [0.29, 0.717) is 12.0 Å². The molecule has 0 aliphatic carbocycles. The summed E-state index contributed by atoms with van der Waals surface area (Å²) in [5.74, 6) is -0.367. The van der Waals surface area contributed by atoms with Crippen molar-refractivity contribution in [3.05, 3.63) is 35.9 Å². The summed E-state index contributed by atoms with van der Waals surface area (Å²) in [7, 11) is 0. The number of esters is 1. The van der Waals surface area contributed by atoms with Crippen LogP contribution in [0.3, 0.4) is 0 Å². The smallest absolute Gasteiger partial charge is 0.302 e. The number of carbonyl (C=O) groups is 2. The van der Waals surface area contributed by atoms with Gasteiger partial charge in [0.05, 0.1) is 6.10 Å². The Labute approximate surface area is 102 Å². The van der Waals surface area contributed by atoms with Gasteiger partial charge in [0.25, 0.3) is 0 Å². The minimum Gasteiger partial charge on any atom is -0.463 e. The number of hydrogen-bond donors (Lipinski definition) is 0. The van der Waals surface area contributed by atoms with Gasteiger partial charge in [0.1, 0.15) is 0 Å². The molecule has 0 radical (unpaired) electrons. The lowest BCUT2D eigenvalue weighted by Gasteiger charge is -2.16. The molecule has 2 atom stereocenters. The van der Waals surface area contributed by atoms with E-state index < -0.39 is 0 Å². The van der Waals surface area contributed by atoms with Crippen molar-refractivity contribution >= 4 is 11.8 Å². The zero-order valence-electron chi connectivity index (χ0n) is 10.5. The standard InChI is InChI=1S/C14H18O3/c1-10(9-11(2)17-12(3)15)14(16)13-7-5-4-6-8-13/h4-8,10-11H,9H2,1-3H3/t10-,11-/m1/s1. The first-order valence-corrected chi connectivity index (χ1v) is 5.77. The molecule has 1 aromatic carbocycles. The Hall–Kier alpha value is -1.64. The number of rotatable bonds is 5. The zero-order chi connectivity index (χ0) is 12.8. The van der Waals surface area contributed by atoms with Gasteiger partial charge in [-0.1, -0.05) is 37.3 Å². The quantitative estimate of drug-likeness (QED) is 0.581. The highest BCUT2D eigenvalue weighted by Crippen LogP contribution is 2.15. The predicted molar refractivity (Wildman–Crippen MR) is 65.8 cm³/mol. The van der Waals surface area contributed by atoms with Crippen molar-refractivity contribution in [2.45, 2.75) is 33.3 Å². The maximum absolute atomic E-state index is 12.0. The number of carbonyl (C=O) groups excluding carboxylic acids is 2. The Balaban J connectivity index is 2.56. The summed E-state index contributed by atoms with van der Waals surface area (Å²) < 4.78 is 5.02. The van der Waals surface area contributed by atoms with E-state index >= 15 is 0 Å². The first kappa shape index (κ1) is 13.4. The summed E-state index contributed by atoms with van der Waals surface area (Å²) in [6.07, 6.45) is 0.322. The topological polar surface area (TPSA) is 43.4 Å². The Bertz CT molecular complexity index is 384. The number of ether oxygens (including phenoxy) is 1. The van der Waals surface area contributed by atoms with Crippen LogP contribution in [0.15, 0.2) is 30.3 Å². The second-order valence-electron chi connectivity index (χ2n) is 4.29. The summed E-state index contributed by atoms with van der Waals surface area (Å²) in [5, 5.41) is 0. The van der Waals surface area contributed by atoms with E-state index in [2.05, 4.69) is 0 Å². The molecule has 0 amide bonds. The second kappa shape index (κ2) is 6.18. The first-order chi connectivity index (χ1) is 8.00. The Morgan fingerprint density at radius 2 is 1.76 bits per heavy atom. The molecule has 0 bridgehead atoms. The molecule has 92 valence electrons. The zero-order valence-corrected chi connectivity index (χ0v) is 10.5. The van der Waals surface area contributed by atoms with Crippen LogP contribution in [0.1, 0.15) is 37.6 Å². The average molecular weight is 234 g/mol. The van der Waals surface area contributed by atoms with E-state index in [1.165, 1.54) is 6.92 Å². The molecule has 1 aromatic rings. The summed E-state index contributed by atoms with van der Waals surface area (Å²) in [5.41, 5.74) is 0.704. The third-order valence-corrected chi connectivity index (χ3v) is 2.56. The van der Waals surface area contributed by atoms with Gasteiger partial charge in [0, 0.05) is 18.4 Å². The number of Topliss-reactive ketones (excluding diaryl/α,β-unsaturated/α-hetero) is 1. The maximum atomic E-state index is 12.0. The van der Waals surface area contributed by atoms with Gasteiger partial charge < -0.3 is 4.74 Å². The van der Waals surface area contributed by atoms with Crippen molar-refractivity contribution < 1.29 is 14.3 Å². The molecule has 1 rings (SSSR count). The molecule has 0 N–H and O–H groups in total. The SMILES string of the molecule is CC(=O)O[C@H](C)C[C@@H](C)C(=O)c1ccccc1. The highest BCUT2D eigenvalue weighted by atomic mass is 16.5. The Morgan fingerprint density at radius 1 is 1.18 bits per heavy atom. The normalized spacial score (nSPS) is 13.8.